The minimum Gasteiger partial charge on any atom is -0.380 e. The summed E-state index contributed by atoms with van der Waals surface area (Å²) in [6.45, 7) is 2.06. The molecule has 4 heteroatoms. The van der Waals surface area contributed by atoms with Crippen LogP contribution in [0.5, 0.6) is 0 Å². The van der Waals surface area contributed by atoms with E-state index in [1.807, 2.05) is 30.3 Å². The van der Waals surface area contributed by atoms with Crippen molar-refractivity contribution in [2.24, 2.45) is 0 Å². The van der Waals surface area contributed by atoms with Crippen molar-refractivity contribution in [2.75, 3.05) is 18.4 Å². The third-order valence-electron chi connectivity index (χ3n) is 3.53. The Bertz CT molecular complexity index is 624. The molecule has 4 nitrogen and oxygen atoms in total. The number of fused-ring (bicyclic) bond motifs is 1. The summed E-state index contributed by atoms with van der Waals surface area (Å²) in [7, 11) is 0. The maximum absolute atomic E-state index is 9.24. The van der Waals surface area contributed by atoms with E-state index in [0.29, 0.717) is 11.7 Å². The van der Waals surface area contributed by atoms with Crippen LogP contribution in [0, 0.1) is 11.3 Å². The topological polar surface area (TPSA) is 60.7 Å². The second-order valence-corrected chi connectivity index (χ2v) is 4.86. The van der Waals surface area contributed by atoms with Gasteiger partial charge in [-0.05, 0) is 38.1 Å². The van der Waals surface area contributed by atoms with Crippen molar-refractivity contribution in [1.29, 1.82) is 5.26 Å². The quantitative estimate of drug-likeness (QED) is 0.860. The number of hydrogen-bond donors (Lipinski definition) is 2. The van der Waals surface area contributed by atoms with Crippen LogP contribution < -0.4 is 10.6 Å². The molecule has 0 amide bonds. The van der Waals surface area contributed by atoms with Crippen molar-refractivity contribution in [3.8, 4) is 6.07 Å². The lowest BCUT2D eigenvalue weighted by Crippen LogP contribution is -2.35. The molecular weight excluding hydrogens is 236 g/mol. The van der Waals surface area contributed by atoms with E-state index >= 15 is 0 Å². The highest BCUT2D eigenvalue weighted by Gasteiger charge is 2.15. The molecule has 1 aromatic carbocycles. The fourth-order valence-electron chi connectivity index (χ4n) is 2.50. The molecule has 96 valence electrons. The first-order valence-electron chi connectivity index (χ1n) is 6.64. The third kappa shape index (κ3) is 2.51. The molecular formula is C15H16N4. The molecule has 19 heavy (non-hydrogen) atoms. The highest BCUT2D eigenvalue weighted by atomic mass is 15.0. The predicted molar refractivity (Wildman–Crippen MR) is 76.0 cm³/mol. The van der Waals surface area contributed by atoms with Crippen molar-refractivity contribution >= 4 is 16.6 Å². The summed E-state index contributed by atoms with van der Waals surface area (Å²) in [5, 5.41) is 17.1. The molecule has 0 atom stereocenters. The number of pyridine rings is 1. The third-order valence-corrected chi connectivity index (χ3v) is 3.53. The average molecular weight is 252 g/mol. The largest absolute Gasteiger partial charge is 0.380 e. The monoisotopic (exact) mass is 252 g/mol. The SMILES string of the molecule is N#Cc1nc2ccccc2cc1NC1CCNCC1. The summed E-state index contributed by atoms with van der Waals surface area (Å²) in [5.74, 6) is 0. The molecule has 0 unspecified atom stereocenters. The zero-order valence-corrected chi connectivity index (χ0v) is 10.7. The fourth-order valence-corrected chi connectivity index (χ4v) is 2.50. The first kappa shape index (κ1) is 11.9. The Kier molecular flexibility index (Phi) is 3.30. The van der Waals surface area contributed by atoms with Crippen molar-refractivity contribution < 1.29 is 0 Å². The van der Waals surface area contributed by atoms with E-state index in [0.717, 1.165) is 42.5 Å². The molecule has 0 spiro atoms. The van der Waals surface area contributed by atoms with E-state index in [1.165, 1.54) is 0 Å². The summed E-state index contributed by atoms with van der Waals surface area (Å²) in [4.78, 5) is 4.42. The van der Waals surface area contributed by atoms with Gasteiger partial charge in [0.25, 0.3) is 0 Å². The van der Waals surface area contributed by atoms with Gasteiger partial charge in [0, 0.05) is 11.4 Å². The lowest BCUT2D eigenvalue weighted by atomic mass is 10.1. The maximum atomic E-state index is 9.24. The smallest absolute Gasteiger partial charge is 0.164 e. The predicted octanol–water partition coefficient (Wildman–Crippen LogP) is 2.27. The molecule has 2 aromatic rings. The van der Waals surface area contributed by atoms with E-state index in [4.69, 9.17) is 0 Å². The number of nitriles is 1. The van der Waals surface area contributed by atoms with Gasteiger partial charge in [0.05, 0.1) is 11.2 Å². The number of hydrogen-bond acceptors (Lipinski definition) is 4. The van der Waals surface area contributed by atoms with Gasteiger partial charge in [0.1, 0.15) is 6.07 Å². The molecule has 1 saturated heterocycles. The zero-order valence-electron chi connectivity index (χ0n) is 10.7. The van der Waals surface area contributed by atoms with Gasteiger partial charge in [-0.15, -0.1) is 0 Å². The van der Waals surface area contributed by atoms with Gasteiger partial charge in [-0.3, -0.25) is 0 Å². The molecule has 1 aliphatic heterocycles. The first-order chi connectivity index (χ1) is 9.36. The molecule has 1 aliphatic rings. The number of aromatic nitrogens is 1. The van der Waals surface area contributed by atoms with Crippen LogP contribution in [-0.4, -0.2) is 24.1 Å². The van der Waals surface area contributed by atoms with E-state index in [-0.39, 0.29) is 0 Å². The Morgan fingerprint density at radius 2 is 2.05 bits per heavy atom. The van der Waals surface area contributed by atoms with Crippen molar-refractivity contribution in [3.63, 3.8) is 0 Å². The van der Waals surface area contributed by atoms with Crippen LogP contribution in [0.4, 0.5) is 5.69 Å². The molecule has 1 aromatic heterocycles. The van der Waals surface area contributed by atoms with E-state index in [2.05, 4.69) is 21.7 Å². The lowest BCUT2D eigenvalue weighted by Gasteiger charge is -2.25. The van der Waals surface area contributed by atoms with Crippen LogP contribution in [0.3, 0.4) is 0 Å². The van der Waals surface area contributed by atoms with Gasteiger partial charge in [-0.2, -0.15) is 5.26 Å². The second-order valence-electron chi connectivity index (χ2n) is 4.86. The van der Waals surface area contributed by atoms with Gasteiger partial charge >= 0.3 is 0 Å². The molecule has 0 bridgehead atoms. The molecule has 1 fully saturated rings. The minimum absolute atomic E-state index is 0.427. The number of rotatable bonds is 2. The first-order valence-corrected chi connectivity index (χ1v) is 6.64. The van der Waals surface area contributed by atoms with Gasteiger partial charge < -0.3 is 10.6 Å². The van der Waals surface area contributed by atoms with Gasteiger partial charge in [-0.25, -0.2) is 4.98 Å². The Morgan fingerprint density at radius 1 is 1.26 bits per heavy atom. The van der Waals surface area contributed by atoms with E-state index < -0.39 is 0 Å². The molecule has 2 N–H and O–H groups in total. The summed E-state index contributed by atoms with van der Waals surface area (Å²) in [6, 6.07) is 12.5. The van der Waals surface area contributed by atoms with Crippen LogP contribution in [0.1, 0.15) is 18.5 Å². The fraction of sp³-hybridized carbons (Fsp3) is 0.333. The van der Waals surface area contributed by atoms with Gasteiger partial charge in [0.15, 0.2) is 5.69 Å². The molecule has 2 heterocycles. The highest BCUT2D eigenvalue weighted by Crippen LogP contribution is 2.22. The summed E-state index contributed by atoms with van der Waals surface area (Å²) < 4.78 is 0. The number of nitrogens with one attached hydrogen (secondary N) is 2. The number of anilines is 1. The van der Waals surface area contributed by atoms with Crippen LogP contribution in [0.15, 0.2) is 30.3 Å². The lowest BCUT2D eigenvalue weighted by molar-refractivity contribution is 0.479. The standard InChI is InChI=1S/C15H16N4/c16-10-15-14(18-12-5-7-17-8-6-12)9-11-3-1-2-4-13(11)19-15/h1-4,9,12,17-18H,5-8H2. The van der Waals surface area contributed by atoms with Gasteiger partial charge in [-0.1, -0.05) is 18.2 Å². The zero-order chi connectivity index (χ0) is 13.1. The summed E-state index contributed by atoms with van der Waals surface area (Å²) >= 11 is 0. The molecule has 3 rings (SSSR count). The van der Waals surface area contributed by atoms with Crippen LogP contribution in [0.2, 0.25) is 0 Å². The Morgan fingerprint density at radius 3 is 2.84 bits per heavy atom. The van der Waals surface area contributed by atoms with Crippen molar-refractivity contribution in [2.45, 2.75) is 18.9 Å². The molecule has 0 aliphatic carbocycles. The van der Waals surface area contributed by atoms with Crippen molar-refractivity contribution in [1.82, 2.24) is 10.3 Å². The molecule has 0 radical (unpaired) electrons. The Hall–Kier alpha value is -2.12. The Balaban J connectivity index is 1.94. The van der Waals surface area contributed by atoms with Crippen LogP contribution in [0.25, 0.3) is 10.9 Å². The van der Waals surface area contributed by atoms with E-state index in [9.17, 15) is 5.26 Å². The average Bonchev–Trinajstić information content (AvgIpc) is 2.47. The second kappa shape index (κ2) is 5.25. The van der Waals surface area contributed by atoms with Crippen LogP contribution >= 0.6 is 0 Å². The molecule has 0 saturated carbocycles. The Labute approximate surface area is 112 Å². The minimum atomic E-state index is 0.427. The van der Waals surface area contributed by atoms with Gasteiger partial charge in [0.2, 0.25) is 0 Å². The number of nitrogens with zero attached hydrogens (tertiary/aromatic N) is 2. The van der Waals surface area contributed by atoms with E-state index in [1.54, 1.807) is 0 Å². The summed E-state index contributed by atoms with van der Waals surface area (Å²) in [6.07, 6.45) is 2.16. The summed E-state index contributed by atoms with van der Waals surface area (Å²) in [5.41, 5.74) is 2.21. The highest BCUT2D eigenvalue weighted by molar-refractivity contribution is 5.83. The van der Waals surface area contributed by atoms with Crippen LogP contribution in [-0.2, 0) is 0 Å². The van der Waals surface area contributed by atoms with Crippen molar-refractivity contribution in [3.05, 3.63) is 36.0 Å². The number of para-hydroxylation sites is 1. The number of piperidine rings is 1. The maximum Gasteiger partial charge on any atom is 0.164 e. The normalized spacial score (nSPS) is 16.2. The number of benzene rings is 1.